The molecular weight excluding hydrogens is 545 g/mol. The van der Waals surface area contributed by atoms with Crippen molar-refractivity contribution < 1.29 is 0 Å². The van der Waals surface area contributed by atoms with Crippen LogP contribution in [0.15, 0.2) is 170 Å². The molecule has 0 unspecified atom stereocenters. The van der Waals surface area contributed by atoms with Gasteiger partial charge >= 0.3 is 0 Å². The largest absolute Gasteiger partial charge is 0.311 e. The first-order valence-electron chi connectivity index (χ1n) is 15.4. The van der Waals surface area contributed by atoms with Crippen LogP contribution in [0.3, 0.4) is 0 Å². The monoisotopic (exact) mass is 573 g/mol. The number of para-hydroxylation sites is 4. The van der Waals surface area contributed by atoms with Gasteiger partial charge in [-0.05, 0) is 76.5 Å². The van der Waals surface area contributed by atoms with Crippen molar-refractivity contribution in [3.8, 4) is 22.4 Å². The van der Waals surface area contributed by atoms with Gasteiger partial charge < -0.3 is 9.80 Å². The smallest absolute Gasteiger partial charge is 0.252 e. The Balaban J connectivity index is 1.31. The summed E-state index contributed by atoms with van der Waals surface area (Å²) in [5.41, 5.74) is 15.6. The Morgan fingerprint density at radius 2 is 1.00 bits per heavy atom. The number of fused-ring (bicyclic) bond motifs is 4. The summed E-state index contributed by atoms with van der Waals surface area (Å²) in [5.74, 6) is 0. The second-order valence-electron chi connectivity index (χ2n) is 11.6. The first-order valence-corrected chi connectivity index (χ1v) is 15.4. The minimum atomic E-state index is 0.0927. The number of hydrogen-bond donors (Lipinski definition) is 0. The van der Waals surface area contributed by atoms with E-state index < -0.39 is 0 Å². The fraction of sp³-hybridized carbons (Fsp3) is 0. The Kier molecular flexibility index (Phi) is 5.92. The van der Waals surface area contributed by atoms with Crippen molar-refractivity contribution in [2.75, 3.05) is 9.80 Å². The first kappa shape index (κ1) is 25.6. The number of anilines is 6. The molecule has 9 rings (SSSR count). The molecule has 0 amide bonds. The lowest BCUT2D eigenvalue weighted by Gasteiger charge is -2.44. The van der Waals surface area contributed by atoms with Gasteiger partial charge in [0.2, 0.25) is 0 Å². The number of rotatable bonds is 4. The zero-order valence-electron chi connectivity index (χ0n) is 24.6. The highest BCUT2D eigenvalue weighted by atomic mass is 15.2. The van der Waals surface area contributed by atoms with Crippen molar-refractivity contribution in [2.24, 2.45) is 0 Å². The van der Waals surface area contributed by atoms with E-state index >= 15 is 0 Å². The topological polar surface area (TPSA) is 19.4 Å². The average Bonchev–Trinajstić information content (AvgIpc) is 3.12. The van der Waals surface area contributed by atoms with Gasteiger partial charge in [0.25, 0.3) is 6.71 Å². The van der Waals surface area contributed by atoms with E-state index in [1.807, 2.05) is 18.3 Å². The van der Waals surface area contributed by atoms with E-state index in [9.17, 15) is 0 Å². The maximum atomic E-state index is 4.57. The van der Waals surface area contributed by atoms with Crippen molar-refractivity contribution in [1.29, 1.82) is 0 Å². The minimum Gasteiger partial charge on any atom is -0.311 e. The van der Waals surface area contributed by atoms with E-state index in [4.69, 9.17) is 0 Å². The predicted molar refractivity (Wildman–Crippen MR) is 189 cm³/mol. The molecule has 0 aliphatic carbocycles. The molecule has 0 N–H and O–H groups in total. The summed E-state index contributed by atoms with van der Waals surface area (Å²) in [6.45, 7) is 0.0927. The maximum Gasteiger partial charge on any atom is 0.252 e. The number of hydrogen-bond acceptors (Lipinski definition) is 3. The fourth-order valence-electron chi connectivity index (χ4n) is 7.22. The van der Waals surface area contributed by atoms with Gasteiger partial charge in [0, 0.05) is 51.4 Å². The van der Waals surface area contributed by atoms with E-state index in [0.29, 0.717) is 0 Å². The van der Waals surface area contributed by atoms with Gasteiger partial charge in [-0.25, -0.2) is 0 Å². The molecule has 2 aliphatic rings. The maximum absolute atomic E-state index is 4.57. The van der Waals surface area contributed by atoms with E-state index in [1.54, 1.807) is 0 Å². The SMILES string of the molecule is c1ccc(N2c3ccccc3B3c4cccc(-c5ccc(-c6ccccn6)cc5)c4N(c4ccccc4)c4cccc2c43)cc1. The molecule has 0 atom stereocenters. The molecule has 0 saturated heterocycles. The van der Waals surface area contributed by atoms with Gasteiger partial charge in [-0.2, -0.15) is 0 Å². The normalized spacial score (nSPS) is 12.8. The van der Waals surface area contributed by atoms with Gasteiger partial charge in [-0.15, -0.1) is 0 Å². The number of nitrogens with zero attached hydrogens (tertiary/aromatic N) is 3. The third kappa shape index (κ3) is 4.03. The second kappa shape index (κ2) is 10.4. The summed E-state index contributed by atoms with van der Waals surface area (Å²) < 4.78 is 0. The molecule has 7 aromatic rings. The van der Waals surface area contributed by atoms with E-state index in [1.165, 1.54) is 50.3 Å². The van der Waals surface area contributed by atoms with Crippen LogP contribution in [0.4, 0.5) is 34.1 Å². The molecule has 3 heterocycles. The summed E-state index contributed by atoms with van der Waals surface area (Å²) in [6.07, 6.45) is 1.85. The first-order chi connectivity index (χ1) is 22.4. The summed E-state index contributed by atoms with van der Waals surface area (Å²) in [5, 5.41) is 0. The summed E-state index contributed by atoms with van der Waals surface area (Å²) in [6, 6.07) is 58.9. The van der Waals surface area contributed by atoms with Crippen molar-refractivity contribution in [1.82, 2.24) is 4.98 Å². The third-order valence-corrected chi connectivity index (χ3v) is 9.11. The molecule has 210 valence electrons. The molecule has 0 spiro atoms. The lowest BCUT2D eigenvalue weighted by Crippen LogP contribution is -2.61. The number of aromatic nitrogens is 1. The molecule has 1 aromatic heterocycles. The zero-order chi connectivity index (χ0) is 29.7. The standard InChI is InChI=1S/C41H28BN3/c1-3-13-31(14-4-1)44-37-21-8-7-18-34(37)42-35-19-11-17-33(29-24-26-30(27-25-29)36-20-9-10-28-43-36)41(35)45(32-15-5-2-6-16-32)39-23-12-22-38(44)40(39)42/h1-28H. The molecule has 3 nitrogen and oxygen atoms in total. The van der Waals surface area contributed by atoms with Crippen molar-refractivity contribution in [3.63, 3.8) is 0 Å². The Labute approximate surface area is 263 Å². The van der Waals surface area contributed by atoms with Crippen molar-refractivity contribution in [3.05, 3.63) is 170 Å². The molecule has 0 radical (unpaired) electrons. The molecule has 0 bridgehead atoms. The van der Waals surface area contributed by atoms with Crippen LogP contribution in [0, 0.1) is 0 Å². The molecule has 2 aliphatic heterocycles. The number of pyridine rings is 1. The Morgan fingerprint density at radius 3 is 1.73 bits per heavy atom. The molecule has 45 heavy (non-hydrogen) atoms. The van der Waals surface area contributed by atoms with Crippen molar-refractivity contribution >= 4 is 57.2 Å². The van der Waals surface area contributed by atoms with Crippen LogP contribution in [0.2, 0.25) is 0 Å². The molecular formula is C41H28BN3. The van der Waals surface area contributed by atoms with Gasteiger partial charge in [-0.3, -0.25) is 4.98 Å². The fourth-order valence-corrected chi connectivity index (χ4v) is 7.22. The van der Waals surface area contributed by atoms with Crippen LogP contribution in [0.1, 0.15) is 0 Å². The Bertz CT molecular complexity index is 2160. The van der Waals surface area contributed by atoms with Gasteiger partial charge in [0.1, 0.15) is 0 Å². The molecule has 0 fully saturated rings. The Morgan fingerprint density at radius 1 is 0.422 bits per heavy atom. The second-order valence-corrected chi connectivity index (χ2v) is 11.6. The van der Waals surface area contributed by atoms with Crippen LogP contribution < -0.4 is 26.2 Å². The number of benzene rings is 6. The highest BCUT2D eigenvalue weighted by Crippen LogP contribution is 2.46. The average molecular weight is 574 g/mol. The van der Waals surface area contributed by atoms with Crippen LogP contribution in [-0.4, -0.2) is 11.7 Å². The van der Waals surface area contributed by atoms with Crippen LogP contribution in [0.5, 0.6) is 0 Å². The third-order valence-electron chi connectivity index (χ3n) is 9.11. The zero-order valence-corrected chi connectivity index (χ0v) is 24.6. The molecule has 6 aromatic carbocycles. The molecule has 0 saturated carbocycles. The van der Waals surface area contributed by atoms with E-state index in [0.717, 1.165) is 22.6 Å². The van der Waals surface area contributed by atoms with Crippen LogP contribution in [-0.2, 0) is 0 Å². The van der Waals surface area contributed by atoms with Crippen LogP contribution >= 0.6 is 0 Å². The quantitative estimate of drug-likeness (QED) is 0.197. The van der Waals surface area contributed by atoms with E-state index in [2.05, 4.69) is 166 Å². The van der Waals surface area contributed by atoms with Gasteiger partial charge in [0.15, 0.2) is 0 Å². The lowest BCUT2D eigenvalue weighted by atomic mass is 9.33. The van der Waals surface area contributed by atoms with Crippen LogP contribution in [0.25, 0.3) is 22.4 Å². The minimum absolute atomic E-state index is 0.0927. The van der Waals surface area contributed by atoms with Gasteiger partial charge in [0.05, 0.1) is 5.69 Å². The van der Waals surface area contributed by atoms with Crippen molar-refractivity contribution in [2.45, 2.75) is 0 Å². The summed E-state index contributed by atoms with van der Waals surface area (Å²) in [4.78, 5) is 9.48. The lowest BCUT2D eigenvalue weighted by molar-refractivity contribution is 1.25. The van der Waals surface area contributed by atoms with Gasteiger partial charge in [-0.1, -0.05) is 109 Å². The highest BCUT2D eigenvalue weighted by Gasteiger charge is 2.43. The highest BCUT2D eigenvalue weighted by molar-refractivity contribution is 7.00. The summed E-state index contributed by atoms with van der Waals surface area (Å²) >= 11 is 0. The van der Waals surface area contributed by atoms with E-state index in [-0.39, 0.29) is 6.71 Å². The molecule has 4 heteroatoms. The Hall–Kier alpha value is -5.87. The predicted octanol–water partition coefficient (Wildman–Crippen LogP) is 8.50. The summed E-state index contributed by atoms with van der Waals surface area (Å²) in [7, 11) is 0.